The van der Waals surface area contributed by atoms with Gasteiger partial charge in [0.2, 0.25) is 0 Å². The fraction of sp³-hybridized carbons (Fsp3) is 1.00. The van der Waals surface area contributed by atoms with E-state index in [4.69, 9.17) is 9.66 Å². The second-order valence-electron chi connectivity index (χ2n) is 8.34. The SMILES string of the molecule is CCCCCCCCCCCCO.CCCCCCCCCCCCOS(=O)(=O)O. The molecule has 0 heterocycles. The van der Waals surface area contributed by atoms with Crippen molar-refractivity contribution in [2.75, 3.05) is 13.2 Å². The molecule has 0 rings (SSSR count). The predicted molar refractivity (Wildman–Crippen MR) is 128 cm³/mol. The third-order valence-electron chi connectivity index (χ3n) is 5.24. The highest BCUT2D eigenvalue weighted by molar-refractivity contribution is 7.80. The van der Waals surface area contributed by atoms with Crippen LogP contribution in [-0.2, 0) is 14.6 Å². The van der Waals surface area contributed by atoms with Gasteiger partial charge in [0.1, 0.15) is 0 Å². The summed E-state index contributed by atoms with van der Waals surface area (Å²) in [5, 5.41) is 8.57. The largest absolute Gasteiger partial charge is 0.397 e. The van der Waals surface area contributed by atoms with Crippen molar-refractivity contribution in [1.29, 1.82) is 0 Å². The molecule has 0 spiro atoms. The third kappa shape index (κ3) is 35.3. The molecule has 0 aliphatic carbocycles. The number of rotatable bonds is 22. The van der Waals surface area contributed by atoms with E-state index in [1.807, 2.05) is 0 Å². The smallest absolute Gasteiger partial charge is 0.396 e. The molecule has 0 bridgehead atoms. The molecule has 0 aliphatic heterocycles. The summed E-state index contributed by atoms with van der Waals surface area (Å²) in [5.74, 6) is 0. The first-order valence-electron chi connectivity index (χ1n) is 12.7. The Kier molecular flexibility index (Phi) is 28.7. The van der Waals surface area contributed by atoms with Gasteiger partial charge in [0.15, 0.2) is 0 Å². The topological polar surface area (TPSA) is 83.8 Å². The lowest BCUT2D eigenvalue weighted by molar-refractivity contribution is 0.261. The molecule has 0 saturated heterocycles. The average Bonchev–Trinajstić information content (AvgIpc) is 2.70. The number of hydrogen-bond acceptors (Lipinski definition) is 4. The zero-order chi connectivity index (χ0) is 22.8. The molecule has 0 atom stereocenters. The van der Waals surface area contributed by atoms with Crippen LogP contribution in [0.15, 0.2) is 0 Å². The van der Waals surface area contributed by atoms with Gasteiger partial charge in [0, 0.05) is 6.61 Å². The van der Waals surface area contributed by atoms with Gasteiger partial charge in [-0.1, -0.05) is 129 Å². The molecule has 0 aromatic rings. The van der Waals surface area contributed by atoms with Gasteiger partial charge in [0.05, 0.1) is 6.61 Å². The van der Waals surface area contributed by atoms with Gasteiger partial charge < -0.3 is 5.11 Å². The molecule has 0 radical (unpaired) electrons. The van der Waals surface area contributed by atoms with Crippen molar-refractivity contribution in [2.45, 2.75) is 142 Å². The first kappa shape index (κ1) is 32.0. The van der Waals surface area contributed by atoms with E-state index >= 15 is 0 Å². The summed E-state index contributed by atoms with van der Waals surface area (Å²) < 4.78 is 33.0. The maximum atomic E-state index is 10.2. The Morgan fingerprint density at radius 1 is 0.533 bits per heavy atom. The monoisotopic (exact) mass is 452 g/mol. The Morgan fingerprint density at radius 2 is 0.833 bits per heavy atom. The van der Waals surface area contributed by atoms with Crippen molar-refractivity contribution in [2.24, 2.45) is 0 Å². The van der Waals surface area contributed by atoms with Crippen LogP contribution in [0.1, 0.15) is 142 Å². The van der Waals surface area contributed by atoms with Crippen molar-refractivity contribution in [3.05, 3.63) is 0 Å². The zero-order valence-electron chi connectivity index (χ0n) is 20.1. The molecule has 6 heteroatoms. The van der Waals surface area contributed by atoms with E-state index < -0.39 is 10.4 Å². The lowest BCUT2D eigenvalue weighted by Crippen LogP contribution is -2.04. The molecule has 0 unspecified atom stereocenters. The van der Waals surface area contributed by atoms with Crippen LogP contribution in [-0.4, -0.2) is 31.3 Å². The van der Waals surface area contributed by atoms with E-state index in [9.17, 15) is 8.42 Å². The summed E-state index contributed by atoms with van der Waals surface area (Å²) in [7, 11) is -4.23. The fourth-order valence-electron chi connectivity index (χ4n) is 3.35. The standard InChI is InChI=1S/C12H26O4S.C12H26O/c1-2-3-4-5-6-7-8-9-10-11-12-16-17(13,14)15;1-2-3-4-5-6-7-8-9-10-11-12-13/h2-12H2,1H3,(H,13,14,15);13H,2-12H2,1H3. The Morgan fingerprint density at radius 3 is 1.13 bits per heavy atom. The summed E-state index contributed by atoms with van der Waals surface area (Å²) in [6.07, 6.45) is 25.2. The Bertz CT molecular complexity index is 388. The first-order valence-corrected chi connectivity index (χ1v) is 14.1. The highest BCUT2D eigenvalue weighted by Crippen LogP contribution is 2.11. The molecular weight excluding hydrogens is 400 g/mol. The molecule has 0 fully saturated rings. The van der Waals surface area contributed by atoms with E-state index in [2.05, 4.69) is 18.0 Å². The van der Waals surface area contributed by atoms with Gasteiger partial charge in [-0.05, 0) is 12.8 Å². The molecule has 0 aromatic heterocycles. The highest BCUT2D eigenvalue weighted by Gasteiger charge is 2.02. The van der Waals surface area contributed by atoms with E-state index in [0.29, 0.717) is 13.0 Å². The van der Waals surface area contributed by atoms with E-state index in [1.165, 1.54) is 103 Å². The van der Waals surface area contributed by atoms with Gasteiger partial charge >= 0.3 is 10.4 Å². The normalized spacial score (nSPS) is 11.3. The fourth-order valence-corrected chi connectivity index (χ4v) is 3.68. The van der Waals surface area contributed by atoms with Crippen LogP contribution < -0.4 is 0 Å². The van der Waals surface area contributed by atoms with Crippen LogP contribution in [0.2, 0.25) is 0 Å². The molecule has 2 N–H and O–H groups in total. The molecule has 30 heavy (non-hydrogen) atoms. The average molecular weight is 453 g/mol. The maximum absolute atomic E-state index is 10.2. The van der Waals surface area contributed by atoms with Crippen molar-refractivity contribution in [1.82, 2.24) is 0 Å². The van der Waals surface area contributed by atoms with Gasteiger partial charge in [-0.15, -0.1) is 0 Å². The lowest BCUT2D eigenvalue weighted by atomic mass is 10.1. The van der Waals surface area contributed by atoms with Crippen LogP contribution >= 0.6 is 0 Å². The quantitative estimate of drug-likeness (QED) is 0.130. The van der Waals surface area contributed by atoms with E-state index in [1.54, 1.807) is 0 Å². The maximum Gasteiger partial charge on any atom is 0.397 e. The number of aliphatic hydroxyl groups excluding tert-OH is 1. The van der Waals surface area contributed by atoms with Crippen molar-refractivity contribution < 1.29 is 22.3 Å². The first-order chi connectivity index (χ1) is 14.5. The van der Waals surface area contributed by atoms with Gasteiger partial charge in [0.25, 0.3) is 0 Å². The Labute approximate surface area is 188 Å². The van der Waals surface area contributed by atoms with Crippen molar-refractivity contribution in [3.8, 4) is 0 Å². The molecule has 0 saturated carbocycles. The molecule has 184 valence electrons. The van der Waals surface area contributed by atoms with Crippen molar-refractivity contribution >= 4 is 10.4 Å². The zero-order valence-corrected chi connectivity index (χ0v) is 20.9. The van der Waals surface area contributed by atoms with Crippen molar-refractivity contribution in [3.63, 3.8) is 0 Å². The second-order valence-corrected chi connectivity index (χ2v) is 9.43. The molecule has 5 nitrogen and oxygen atoms in total. The highest BCUT2D eigenvalue weighted by atomic mass is 32.3. The minimum absolute atomic E-state index is 0.0926. The third-order valence-corrected chi connectivity index (χ3v) is 5.71. The van der Waals surface area contributed by atoms with E-state index in [-0.39, 0.29) is 6.61 Å². The number of hydrogen-bond donors (Lipinski definition) is 2. The minimum Gasteiger partial charge on any atom is -0.396 e. The van der Waals surface area contributed by atoms with Crippen LogP contribution in [0.4, 0.5) is 0 Å². The molecular formula is C24H52O5S. The van der Waals surface area contributed by atoms with Crippen LogP contribution in [0.25, 0.3) is 0 Å². The molecule has 0 amide bonds. The number of unbranched alkanes of at least 4 members (excludes halogenated alkanes) is 18. The summed E-state index contributed by atoms with van der Waals surface area (Å²) in [5.41, 5.74) is 0. The van der Waals surface area contributed by atoms with E-state index in [0.717, 1.165) is 19.3 Å². The lowest BCUT2D eigenvalue weighted by Gasteiger charge is -2.02. The van der Waals surface area contributed by atoms with Gasteiger partial charge in [-0.2, -0.15) is 8.42 Å². The molecule has 0 aliphatic rings. The molecule has 0 aromatic carbocycles. The Balaban J connectivity index is 0. The van der Waals surface area contributed by atoms with Crippen LogP contribution in [0.3, 0.4) is 0 Å². The summed E-state index contributed by atoms with van der Waals surface area (Å²) in [6.45, 7) is 4.94. The Hall–Kier alpha value is -0.170. The minimum atomic E-state index is -4.23. The summed E-state index contributed by atoms with van der Waals surface area (Å²) in [4.78, 5) is 0. The summed E-state index contributed by atoms with van der Waals surface area (Å²) >= 11 is 0. The second kappa shape index (κ2) is 26.9. The summed E-state index contributed by atoms with van der Waals surface area (Å²) in [6, 6.07) is 0. The van der Waals surface area contributed by atoms with Crippen LogP contribution in [0.5, 0.6) is 0 Å². The van der Waals surface area contributed by atoms with Crippen LogP contribution in [0, 0.1) is 0 Å². The predicted octanol–water partition coefficient (Wildman–Crippen LogP) is 7.63. The van der Waals surface area contributed by atoms with Gasteiger partial charge in [-0.3, -0.25) is 4.55 Å². The van der Waals surface area contributed by atoms with Gasteiger partial charge in [-0.25, -0.2) is 4.18 Å². The number of aliphatic hydroxyl groups is 1.